The molecule has 0 saturated carbocycles. The molecular weight excluding hydrogens is 460 g/mol. The summed E-state index contributed by atoms with van der Waals surface area (Å²) in [6.45, 7) is 0.604. The van der Waals surface area contributed by atoms with Gasteiger partial charge in [0, 0.05) is 18.2 Å². The molecule has 1 atom stereocenters. The zero-order valence-electron chi connectivity index (χ0n) is 16.7. The van der Waals surface area contributed by atoms with Crippen molar-refractivity contribution in [3.8, 4) is 0 Å². The molecule has 1 unspecified atom stereocenters. The number of hydrogen-bond acceptors (Lipinski definition) is 5. The molecule has 7 nitrogen and oxygen atoms in total. The van der Waals surface area contributed by atoms with Crippen molar-refractivity contribution in [3.05, 3.63) is 65.2 Å². The average Bonchev–Trinajstić information content (AvgIpc) is 2.73. The van der Waals surface area contributed by atoms with E-state index in [1.165, 1.54) is 6.07 Å². The van der Waals surface area contributed by atoms with Gasteiger partial charge in [-0.2, -0.15) is 31.4 Å². The van der Waals surface area contributed by atoms with E-state index in [1.54, 1.807) is 0 Å². The Morgan fingerprint density at radius 3 is 2.24 bits per heavy atom. The SMILES string of the molecule is CC(=O)OC1COC(c2cccc(C(F)(F)F)c2)=NN1C(=O)Nc1ccc(C(F)(F)F)cc1. The molecule has 0 fully saturated rings. The van der Waals surface area contributed by atoms with Gasteiger partial charge in [0.05, 0.1) is 11.1 Å². The number of nitrogens with zero attached hydrogens (tertiary/aromatic N) is 2. The number of anilines is 1. The number of amides is 2. The van der Waals surface area contributed by atoms with Gasteiger partial charge in [0.1, 0.15) is 6.61 Å². The Balaban J connectivity index is 1.88. The minimum absolute atomic E-state index is 0.0307. The number of esters is 1. The van der Waals surface area contributed by atoms with E-state index < -0.39 is 48.3 Å². The summed E-state index contributed by atoms with van der Waals surface area (Å²) >= 11 is 0. The first kappa shape index (κ1) is 23.9. The molecule has 0 aliphatic carbocycles. The first-order valence-corrected chi connectivity index (χ1v) is 9.18. The van der Waals surface area contributed by atoms with Crippen LogP contribution in [0.25, 0.3) is 0 Å². The molecule has 0 saturated heterocycles. The summed E-state index contributed by atoms with van der Waals surface area (Å²) in [6.07, 6.45) is -10.6. The fourth-order valence-corrected chi connectivity index (χ4v) is 2.76. The van der Waals surface area contributed by atoms with Gasteiger partial charge in [0.25, 0.3) is 0 Å². The molecule has 0 radical (unpaired) electrons. The minimum Gasteiger partial charge on any atom is -0.470 e. The van der Waals surface area contributed by atoms with E-state index in [9.17, 15) is 35.9 Å². The van der Waals surface area contributed by atoms with E-state index in [0.717, 1.165) is 49.4 Å². The number of ether oxygens (including phenoxy) is 2. The fraction of sp³-hybridized carbons (Fsp3) is 0.250. The number of carbonyl (C=O) groups excluding carboxylic acids is 2. The number of rotatable bonds is 3. The van der Waals surface area contributed by atoms with Crippen molar-refractivity contribution in [1.29, 1.82) is 0 Å². The number of carbonyl (C=O) groups is 2. The van der Waals surface area contributed by atoms with E-state index >= 15 is 0 Å². The third kappa shape index (κ3) is 5.93. The van der Waals surface area contributed by atoms with Crippen LogP contribution in [0, 0.1) is 0 Å². The Morgan fingerprint density at radius 2 is 1.67 bits per heavy atom. The number of urea groups is 1. The largest absolute Gasteiger partial charge is 0.470 e. The molecule has 13 heteroatoms. The molecule has 2 aromatic rings. The van der Waals surface area contributed by atoms with Crippen molar-refractivity contribution in [2.24, 2.45) is 5.10 Å². The highest BCUT2D eigenvalue weighted by atomic mass is 19.4. The van der Waals surface area contributed by atoms with Crippen LogP contribution in [0.4, 0.5) is 36.8 Å². The van der Waals surface area contributed by atoms with Gasteiger partial charge in [0.15, 0.2) is 0 Å². The highest BCUT2D eigenvalue weighted by Gasteiger charge is 2.35. The molecule has 33 heavy (non-hydrogen) atoms. The second-order valence-corrected chi connectivity index (χ2v) is 6.71. The monoisotopic (exact) mass is 475 g/mol. The van der Waals surface area contributed by atoms with Gasteiger partial charge in [-0.3, -0.25) is 4.79 Å². The Morgan fingerprint density at radius 1 is 1.03 bits per heavy atom. The number of hydrazone groups is 1. The number of hydrogen-bond donors (Lipinski definition) is 1. The molecule has 1 aliphatic heterocycles. The van der Waals surface area contributed by atoms with Crippen molar-refractivity contribution in [2.75, 3.05) is 11.9 Å². The molecular formula is C20H15F6N3O4. The van der Waals surface area contributed by atoms with Crippen molar-refractivity contribution >= 4 is 23.6 Å². The summed E-state index contributed by atoms with van der Waals surface area (Å²) in [6, 6.07) is 6.46. The third-order valence-corrected chi connectivity index (χ3v) is 4.24. The summed E-state index contributed by atoms with van der Waals surface area (Å²) < 4.78 is 87.4. The lowest BCUT2D eigenvalue weighted by atomic mass is 10.1. The molecule has 2 aromatic carbocycles. The standard InChI is InChI=1S/C20H15F6N3O4/c1-11(30)33-16-10-32-17(12-3-2-4-14(9-12)20(24,25)26)28-29(16)18(31)27-15-7-5-13(6-8-15)19(21,22)23/h2-9,16H,10H2,1H3,(H,27,31). The summed E-state index contributed by atoms with van der Waals surface area (Å²) in [5.41, 5.74) is -2.04. The molecule has 0 spiro atoms. The highest BCUT2D eigenvalue weighted by molar-refractivity contribution is 5.97. The van der Waals surface area contributed by atoms with Gasteiger partial charge in [0.2, 0.25) is 12.1 Å². The topological polar surface area (TPSA) is 80.2 Å². The van der Waals surface area contributed by atoms with Gasteiger partial charge in [-0.1, -0.05) is 6.07 Å². The number of nitrogens with one attached hydrogen (secondary N) is 1. The predicted octanol–water partition coefficient (Wildman–Crippen LogP) is 4.84. The Labute approximate surface area is 182 Å². The maximum atomic E-state index is 13.0. The van der Waals surface area contributed by atoms with Gasteiger partial charge in [-0.15, -0.1) is 5.10 Å². The molecule has 3 rings (SSSR count). The smallest absolute Gasteiger partial charge is 0.416 e. The molecule has 1 N–H and O–H groups in total. The first-order chi connectivity index (χ1) is 15.3. The van der Waals surface area contributed by atoms with Crippen LogP contribution >= 0.6 is 0 Å². The van der Waals surface area contributed by atoms with Crippen molar-refractivity contribution < 1.29 is 45.4 Å². The lowest BCUT2D eigenvalue weighted by molar-refractivity contribution is -0.158. The minimum atomic E-state index is -4.63. The number of alkyl halides is 6. The zero-order chi connectivity index (χ0) is 24.4. The fourth-order valence-electron chi connectivity index (χ4n) is 2.76. The molecule has 0 bridgehead atoms. The Bertz CT molecular complexity index is 1070. The Hall–Kier alpha value is -3.77. The van der Waals surface area contributed by atoms with Crippen LogP contribution in [0.15, 0.2) is 53.6 Å². The van der Waals surface area contributed by atoms with Crippen molar-refractivity contribution in [2.45, 2.75) is 25.5 Å². The van der Waals surface area contributed by atoms with Gasteiger partial charge in [-0.25, -0.2) is 4.79 Å². The summed E-state index contributed by atoms with van der Waals surface area (Å²) in [5, 5.41) is 6.76. The van der Waals surface area contributed by atoms with Crippen LogP contribution in [0.5, 0.6) is 0 Å². The molecule has 0 aromatic heterocycles. The average molecular weight is 475 g/mol. The van der Waals surface area contributed by atoms with Crippen LogP contribution in [0.3, 0.4) is 0 Å². The van der Waals surface area contributed by atoms with Gasteiger partial charge < -0.3 is 14.8 Å². The normalized spacial score (nSPS) is 16.5. The molecule has 1 heterocycles. The van der Waals surface area contributed by atoms with Crippen LogP contribution in [-0.2, 0) is 26.6 Å². The predicted molar refractivity (Wildman–Crippen MR) is 102 cm³/mol. The van der Waals surface area contributed by atoms with Crippen LogP contribution in [-0.4, -0.2) is 35.7 Å². The van der Waals surface area contributed by atoms with Crippen LogP contribution in [0.2, 0.25) is 0 Å². The van der Waals surface area contributed by atoms with Crippen LogP contribution < -0.4 is 5.32 Å². The van der Waals surface area contributed by atoms with E-state index in [4.69, 9.17) is 9.47 Å². The maximum Gasteiger partial charge on any atom is 0.416 e. The third-order valence-electron chi connectivity index (χ3n) is 4.24. The number of benzene rings is 2. The molecule has 176 valence electrons. The van der Waals surface area contributed by atoms with Gasteiger partial charge >= 0.3 is 24.4 Å². The van der Waals surface area contributed by atoms with E-state index in [-0.39, 0.29) is 17.1 Å². The van der Waals surface area contributed by atoms with E-state index in [2.05, 4.69) is 10.4 Å². The Kier molecular flexibility index (Phi) is 6.51. The quantitative estimate of drug-likeness (QED) is 0.509. The second kappa shape index (κ2) is 9.00. The second-order valence-electron chi connectivity index (χ2n) is 6.71. The highest BCUT2D eigenvalue weighted by Crippen LogP contribution is 2.31. The lowest BCUT2D eigenvalue weighted by Gasteiger charge is -2.31. The van der Waals surface area contributed by atoms with E-state index in [1.807, 2.05) is 0 Å². The first-order valence-electron chi connectivity index (χ1n) is 9.18. The van der Waals surface area contributed by atoms with Crippen molar-refractivity contribution in [3.63, 3.8) is 0 Å². The lowest BCUT2D eigenvalue weighted by Crippen LogP contribution is -2.48. The summed E-state index contributed by atoms with van der Waals surface area (Å²) in [4.78, 5) is 24.1. The zero-order valence-corrected chi connectivity index (χ0v) is 16.7. The van der Waals surface area contributed by atoms with Crippen molar-refractivity contribution in [1.82, 2.24) is 5.01 Å². The van der Waals surface area contributed by atoms with E-state index in [0.29, 0.717) is 5.01 Å². The number of halogens is 6. The maximum absolute atomic E-state index is 13.0. The molecule has 2 amide bonds. The molecule has 1 aliphatic rings. The summed E-state index contributed by atoms with van der Waals surface area (Å²) in [5.74, 6) is -1.15. The summed E-state index contributed by atoms with van der Waals surface area (Å²) in [7, 11) is 0. The van der Waals surface area contributed by atoms with Crippen LogP contribution in [0.1, 0.15) is 23.6 Å². The van der Waals surface area contributed by atoms with Gasteiger partial charge in [-0.05, 0) is 42.5 Å².